The molecule has 2 aromatic rings. The fraction of sp³-hybridized carbons (Fsp3) is 0.520. The van der Waals surface area contributed by atoms with Gasteiger partial charge < -0.3 is 15.2 Å². The second kappa shape index (κ2) is 9.50. The first-order chi connectivity index (χ1) is 16.8. The monoisotopic (exact) mass is 500 g/mol. The number of sulfonamides is 1. The van der Waals surface area contributed by atoms with Crippen LogP contribution in [-0.2, 0) is 21.4 Å². The maximum absolute atomic E-state index is 13.5. The van der Waals surface area contributed by atoms with Crippen molar-refractivity contribution in [3.8, 4) is 5.75 Å². The lowest BCUT2D eigenvalue weighted by atomic mass is 9.84. The van der Waals surface area contributed by atoms with Crippen molar-refractivity contribution in [1.29, 1.82) is 0 Å². The minimum Gasteiger partial charge on any atom is -0.492 e. The van der Waals surface area contributed by atoms with Gasteiger partial charge in [0, 0.05) is 50.8 Å². The number of fused-ring (bicyclic) bond motifs is 2. The lowest BCUT2D eigenvalue weighted by molar-refractivity contribution is -0.127. The number of pyridine rings is 1. The Morgan fingerprint density at radius 2 is 1.94 bits per heavy atom. The van der Waals surface area contributed by atoms with E-state index in [1.165, 1.54) is 6.07 Å². The van der Waals surface area contributed by atoms with Crippen LogP contribution in [0, 0.1) is 6.92 Å². The van der Waals surface area contributed by atoms with Gasteiger partial charge in [-0.3, -0.25) is 14.7 Å². The molecule has 5 rings (SSSR count). The number of aliphatic hydroxyl groups is 1. The predicted octanol–water partition coefficient (Wildman–Crippen LogP) is 1.45. The number of aliphatic hydroxyl groups excluding tert-OH is 1. The molecule has 1 amide bonds. The Balaban J connectivity index is 1.39. The van der Waals surface area contributed by atoms with Gasteiger partial charge in [-0.25, -0.2) is 8.42 Å². The second-order valence-electron chi connectivity index (χ2n) is 9.84. The Morgan fingerprint density at radius 3 is 2.71 bits per heavy atom. The highest BCUT2D eigenvalue weighted by molar-refractivity contribution is 7.89. The number of carbonyl (C=O) groups is 1. The molecule has 2 atom stereocenters. The molecular weight excluding hydrogens is 468 g/mol. The lowest BCUT2D eigenvalue weighted by Gasteiger charge is -2.43. The summed E-state index contributed by atoms with van der Waals surface area (Å²) in [5, 5.41) is 13.5. The number of ether oxygens (including phenoxy) is 1. The molecule has 3 aliphatic rings. The number of aromatic nitrogens is 1. The summed E-state index contributed by atoms with van der Waals surface area (Å²) in [5.74, 6) is -0.0706. The van der Waals surface area contributed by atoms with E-state index in [1.807, 2.05) is 12.3 Å². The van der Waals surface area contributed by atoms with Crippen molar-refractivity contribution in [3.05, 3.63) is 53.9 Å². The predicted molar refractivity (Wildman–Crippen MR) is 129 cm³/mol. The Bertz CT molecular complexity index is 1200. The summed E-state index contributed by atoms with van der Waals surface area (Å²) in [6, 6.07) is 9.56. The average molecular weight is 501 g/mol. The van der Waals surface area contributed by atoms with Gasteiger partial charge in [0.15, 0.2) is 0 Å². The number of hydrogen-bond donors (Lipinski definition) is 2. The fourth-order valence-electron chi connectivity index (χ4n) is 5.37. The van der Waals surface area contributed by atoms with Crippen LogP contribution in [0.2, 0.25) is 0 Å². The van der Waals surface area contributed by atoms with Gasteiger partial charge in [0.2, 0.25) is 15.9 Å². The normalized spacial score (nSPS) is 26.7. The highest BCUT2D eigenvalue weighted by atomic mass is 32.2. The van der Waals surface area contributed by atoms with Crippen LogP contribution in [0.25, 0.3) is 0 Å². The van der Waals surface area contributed by atoms with E-state index in [9.17, 15) is 18.3 Å². The number of nitrogens with one attached hydrogen (secondary N) is 1. The number of piperidine rings is 1. The second-order valence-corrected chi connectivity index (χ2v) is 11.7. The van der Waals surface area contributed by atoms with E-state index in [0.29, 0.717) is 13.0 Å². The van der Waals surface area contributed by atoms with Gasteiger partial charge in [-0.1, -0.05) is 18.2 Å². The first kappa shape index (κ1) is 24.2. The molecule has 1 spiro atoms. The van der Waals surface area contributed by atoms with Crippen molar-refractivity contribution < 1.29 is 23.1 Å². The van der Waals surface area contributed by atoms with Gasteiger partial charge in [-0.15, -0.1) is 0 Å². The maximum atomic E-state index is 13.5. The molecule has 1 aromatic carbocycles. The largest absolute Gasteiger partial charge is 0.492 e. The average Bonchev–Trinajstić information content (AvgIpc) is 3.24. The van der Waals surface area contributed by atoms with E-state index < -0.39 is 27.7 Å². The summed E-state index contributed by atoms with van der Waals surface area (Å²) in [5.41, 5.74) is 1.70. The lowest BCUT2D eigenvalue weighted by Crippen LogP contribution is -2.59. The molecule has 0 bridgehead atoms. The number of aryl methyl sites for hydroxylation is 1. The van der Waals surface area contributed by atoms with Gasteiger partial charge in [0.1, 0.15) is 16.7 Å². The molecule has 2 N–H and O–H groups in total. The smallest absolute Gasteiger partial charge is 0.247 e. The van der Waals surface area contributed by atoms with Crippen LogP contribution < -0.4 is 10.1 Å². The summed E-state index contributed by atoms with van der Waals surface area (Å²) in [4.78, 5) is 20.3. The number of nitrogens with zero attached hydrogens (tertiary/aromatic N) is 3. The Labute approximate surface area is 206 Å². The Hall–Kier alpha value is -2.53. The van der Waals surface area contributed by atoms with E-state index in [0.717, 1.165) is 48.0 Å². The van der Waals surface area contributed by atoms with E-state index in [2.05, 4.69) is 28.2 Å². The van der Waals surface area contributed by atoms with Crippen LogP contribution in [0.4, 0.5) is 0 Å². The third-order valence-corrected chi connectivity index (χ3v) is 9.42. The van der Waals surface area contributed by atoms with E-state index >= 15 is 0 Å². The van der Waals surface area contributed by atoms with Gasteiger partial charge in [-0.05, 0) is 43.5 Å². The van der Waals surface area contributed by atoms with E-state index in [1.54, 1.807) is 18.2 Å². The van der Waals surface area contributed by atoms with Crippen molar-refractivity contribution in [2.75, 3.05) is 26.2 Å². The zero-order chi connectivity index (χ0) is 24.6. The van der Waals surface area contributed by atoms with Crippen LogP contribution in [-0.4, -0.2) is 77.5 Å². The van der Waals surface area contributed by atoms with Crippen molar-refractivity contribution in [2.24, 2.45) is 0 Å². The van der Waals surface area contributed by atoms with Crippen LogP contribution in [0.5, 0.6) is 5.75 Å². The van der Waals surface area contributed by atoms with Crippen molar-refractivity contribution in [3.63, 3.8) is 0 Å². The first-order valence-electron chi connectivity index (χ1n) is 12.1. The molecule has 0 saturated carbocycles. The van der Waals surface area contributed by atoms with Crippen LogP contribution >= 0.6 is 0 Å². The number of rotatable bonds is 2. The van der Waals surface area contributed by atoms with Crippen molar-refractivity contribution >= 4 is 15.9 Å². The summed E-state index contributed by atoms with van der Waals surface area (Å²) in [6.07, 6.45) is 3.00. The number of likely N-dealkylation sites (tertiary alicyclic amines) is 1. The van der Waals surface area contributed by atoms with Gasteiger partial charge in [0.05, 0.1) is 18.4 Å². The molecule has 0 radical (unpaired) electrons. The quantitative estimate of drug-likeness (QED) is 0.642. The molecule has 9 nitrogen and oxygen atoms in total. The molecular formula is C25H32N4O5S. The molecule has 2 saturated heterocycles. The van der Waals surface area contributed by atoms with E-state index in [-0.39, 0.29) is 29.5 Å². The molecule has 35 heavy (non-hydrogen) atoms. The standard InChI is InChI=1S/C25H32N4O5S/c1-18-5-4-11-26-20(18)17-28-12-8-25(9-13-28)10-14-34-22-6-2-3-7-23(22)35(32,33)29-16-19(30)15-21(29)24(31)27-25/h2-7,11,19,21,30H,8-10,12-17H2,1H3,(H,27,31)/t19-,21+/m1/s1. The van der Waals surface area contributed by atoms with Gasteiger partial charge in [0.25, 0.3) is 0 Å². The molecule has 10 heteroatoms. The third-order valence-electron chi connectivity index (χ3n) is 7.50. The number of carbonyl (C=O) groups excluding carboxylic acids is 1. The molecule has 188 valence electrons. The summed E-state index contributed by atoms with van der Waals surface area (Å²) in [7, 11) is -4.02. The number of para-hydroxylation sites is 1. The highest BCUT2D eigenvalue weighted by Crippen LogP contribution is 2.35. The molecule has 3 aliphatic heterocycles. The van der Waals surface area contributed by atoms with Gasteiger partial charge >= 0.3 is 0 Å². The van der Waals surface area contributed by atoms with E-state index in [4.69, 9.17) is 4.74 Å². The minimum absolute atomic E-state index is 0.0309. The van der Waals surface area contributed by atoms with Crippen molar-refractivity contribution in [1.82, 2.24) is 19.5 Å². The maximum Gasteiger partial charge on any atom is 0.247 e. The molecule has 4 heterocycles. The molecule has 2 fully saturated rings. The molecule has 1 aromatic heterocycles. The first-order valence-corrected chi connectivity index (χ1v) is 13.6. The summed E-state index contributed by atoms with van der Waals surface area (Å²) < 4.78 is 34.1. The SMILES string of the molecule is Cc1cccnc1CN1CCC2(CCOc3ccccc3S(=O)(=O)N3C[C@H](O)C[C@H]3C(=O)N2)CC1. The van der Waals surface area contributed by atoms with Crippen molar-refractivity contribution in [2.45, 2.75) is 61.7 Å². The third kappa shape index (κ3) is 4.80. The zero-order valence-electron chi connectivity index (χ0n) is 19.9. The zero-order valence-corrected chi connectivity index (χ0v) is 20.7. The molecule has 0 aliphatic carbocycles. The minimum atomic E-state index is -4.02. The summed E-state index contributed by atoms with van der Waals surface area (Å²) >= 11 is 0. The fourth-order valence-corrected chi connectivity index (χ4v) is 7.14. The van der Waals surface area contributed by atoms with Crippen LogP contribution in [0.15, 0.2) is 47.5 Å². The topological polar surface area (TPSA) is 112 Å². The molecule has 0 unspecified atom stereocenters. The van der Waals surface area contributed by atoms with Crippen LogP contribution in [0.1, 0.15) is 36.9 Å². The number of amides is 1. The number of benzene rings is 1. The summed E-state index contributed by atoms with van der Waals surface area (Å²) in [6.45, 7) is 4.55. The Morgan fingerprint density at radius 1 is 1.17 bits per heavy atom. The van der Waals surface area contributed by atoms with Gasteiger partial charge in [-0.2, -0.15) is 4.31 Å². The Kier molecular flexibility index (Phi) is 6.56. The van der Waals surface area contributed by atoms with Crippen LogP contribution in [0.3, 0.4) is 0 Å². The number of hydrogen-bond acceptors (Lipinski definition) is 7. The highest BCUT2D eigenvalue weighted by Gasteiger charge is 2.47.